The number of carbonyl (C=O) groups is 4. The second-order valence-electron chi connectivity index (χ2n) is 7.11. The lowest BCUT2D eigenvalue weighted by Gasteiger charge is -2.24. The zero-order chi connectivity index (χ0) is 20.6. The van der Waals surface area contributed by atoms with E-state index in [0.717, 1.165) is 5.56 Å². The molecule has 0 bridgehead atoms. The molecule has 0 unspecified atom stereocenters. The minimum absolute atomic E-state index is 0.0463. The zero-order valence-corrected chi connectivity index (χ0v) is 16.3. The van der Waals surface area contributed by atoms with Crippen molar-refractivity contribution in [3.8, 4) is 0 Å². The first-order chi connectivity index (χ1) is 12.6. The van der Waals surface area contributed by atoms with Crippen LogP contribution in [0.4, 0.5) is 0 Å². The molecule has 1 aromatic carbocycles. The minimum Gasteiger partial charge on any atom is -0.368 e. The molecule has 3 amide bonds. The van der Waals surface area contributed by atoms with Crippen LogP contribution < -0.4 is 16.4 Å². The van der Waals surface area contributed by atoms with Gasteiger partial charge in [0.1, 0.15) is 6.04 Å². The van der Waals surface area contributed by atoms with Crippen molar-refractivity contribution < 1.29 is 19.2 Å². The lowest BCUT2D eigenvalue weighted by atomic mass is 9.88. The molecule has 0 aliphatic carbocycles. The average Bonchev–Trinajstić information content (AvgIpc) is 2.59. The highest BCUT2D eigenvalue weighted by atomic mass is 16.2. The number of nitrogens with one attached hydrogen (secondary N) is 2. The highest BCUT2D eigenvalue weighted by molar-refractivity contribution is 5.93. The van der Waals surface area contributed by atoms with Crippen LogP contribution in [-0.2, 0) is 25.6 Å². The molecule has 0 aliphatic heterocycles. The van der Waals surface area contributed by atoms with Crippen molar-refractivity contribution in [3.63, 3.8) is 0 Å². The lowest BCUT2D eigenvalue weighted by Crippen LogP contribution is -2.48. The smallest absolute Gasteiger partial charge is 0.239 e. The van der Waals surface area contributed by atoms with E-state index >= 15 is 0 Å². The molecule has 1 aromatic rings. The average molecular weight is 375 g/mol. The molecule has 7 nitrogen and oxygen atoms in total. The van der Waals surface area contributed by atoms with Crippen LogP contribution in [0, 0.1) is 11.8 Å². The number of ketones is 1. The van der Waals surface area contributed by atoms with Crippen molar-refractivity contribution in [2.45, 2.75) is 52.6 Å². The summed E-state index contributed by atoms with van der Waals surface area (Å²) in [5.74, 6) is -2.35. The van der Waals surface area contributed by atoms with Gasteiger partial charge in [-0.3, -0.25) is 19.2 Å². The molecule has 0 spiro atoms. The summed E-state index contributed by atoms with van der Waals surface area (Å²) < 4.78 is 0. The Bertz CT molecular complexity index is 673. The van der Waals surface area contributed by atoms with E-state index in [1.165, 1.54) is 13.8 Å². The predicted octanol–water partition coefficient (Wildman–Crippen LogP) is 0.955. The quantitative estimate of drug-likeness (QED) is 0.564. The van der Waals surface area contributed by atoms with Crippen LogP contribution in [-0.4, -0.2) is 35.6 Å². The number of amides is 3. The first-order valence-electron chi connectivity index (χ1n) is 9.05. The molecule has 0 fully saturated rings. The van der Waals surface area contributed by atoms with Crippen LogP contribution in [0.25, 0.3) is 0 Å². The fourth-order valence-electron chi connectivity index (χ4n) is 2.77. The van der Waals surface area contributed by atoms with E-state index in [-0.39, 0.29) is 24.0 Å². The van der Waals surface area contributed by atoms with Crippen molar-refractivity contribution in [1.82, 2.24) is 10.6 Å². The summed E-state index contributed by atoms with van der Waals surface area (Å²) in [5, 5.41) is 5.21. The second-order valence-corrected chi connectivity index (χ2v) is 7.11. The maximum Gasteiger partial charge on any atom is 0.239 e. The Balaban J connectivity index is 2.98. The van der Waals surface area contributed by atoms with E-state index in [4.69, 9.17) is 5.73 Å². The third kappa shape index (κ3) is 7.60. The number of hydrogen-bond donors (Lipinski definition) is 3. The highest BCUT2D eigenvalue weighted by Crippen LogP contribution is 2.17. The summed E-state index contributed by atoms with van der Waals surface area (Å²) in [5.41, 5.74) is 6.11. The van der Waals surface area contributed by atoms with Gasteiger partial charge in [0.25, 0.3) is 0 Å². The van der Waals surface area contributed by atoms with E-state index in [9.17, 15) is 19.2 Å². The number of benzene rings is 1. The van der Waals surface area contributed by atoms with Gasteiger partial charge in [-0.25, -0.2) is 0 Å². The van der Waals surface area contributed by atoms with Crippen molar-refractivity contribution >= 4 is 23.5 Å². The third-order valence-corrected chi connectivity index (χ3v) is 4.30. The van der Waals surface area contributed by atoms with Gasteiger partial charge in [-0.2, -0.15) is 0 Å². The molecule has 1 rings (SSSR count). The normalized spacial score (nSPS) is 14.1. The summed E-state index contributed by atoms with van der Waals surface area (Å²) in [6, 6.07) is 7.82. The maximum absolute atomic E-state index is 12.8. The third-order valence-electron chi connectivity index (χ3n) is 4.30. The number of primary amides is 1. The molecule has 148 valence electrons. The maximum atomic E-state index is 12.8. The molecule has 4 N–H and O–H groups in total. The van der Waals surface area contributed by atoms with Gasteiger partial charge in [-0.05, 0) is 24.8 Å². The minimum atomic E-state index is -0.831. The number of rotatable bonds is 10. The van der Waals surface area contributed by atoms with E-state index in [1.54, 1.807) is 0 Å². The fourth-order valence-corrected chi connectivity index (χ4v) is 2.77. The largest absolute Gasteiger partial charge is 0.368 e. The van der Waals surface area contributed by atoms with Gasteiger partial charge in [-0.1, -0.05) is 44.2 Å². The Hall–Kier alpha value is -2.70. The Labute approximate surface area is 160 Å². The van der Waals surface area contributed by atoms with Crippen molar-refractivity contribution in [2.75, 3.05) is 0 Å². The second kappa shape index (κ2) is 10.4. The molecular weight excluding hydrogens is 346 g/mol. The first-order valence-corrected chi connectivity index (χ1v) is 9.05. The van der Waals surface area contributed by atoms with E-state index in [1.807, 2.05) is 44.2 Å². The molecule has 0 saturated carbocycles. The van der Waals surface area contributed by atoms with Crippen LogP contribution >= 0.6 is 0 Å². The standard InChI is InChI=1S/C20H29N3O4/c1-12(2)18(23-14(4)24)17(25)11-16(10-15-8-6-5-7-9-15)20(27)22-13(3)19(21)26/h5-9,12-13,16,18H,10-11H2,1-4H3,(H2,21,26)(H,22,27)(H,23,24)/t13-,16+,18-/m0/s1. The number of Topliss-reactive ketones (excluding diaryl/α,β-unsaturated/α-hetero) is 1. The number of nitrogens with two attached hydrogens (primary N) is 1. The topological polar surface area (TPSA) is 118 Å². The van der Waals surface area contributed by atoms with Crippen LogP contribution in [0.1, 0.15) is 39.7 Å². The Morgan fingerprint density at radius 2 is 1.59 bits per heavy atom. The Kier molecular flexibility index (Phi) is 8.65. The molecule has 0 radical (unpaired) electrons. The fraction of sp³-hybridized carbons (Fsp3) is 0.500. The molecule has 0 aromatic heterocycles. The van der Waals surface area contributed by atoms with Crippen LogP contribution in [0.3, 0.4) is 0 Å². The van der Waals surface area contributed by atoms with Crippen molar-refractivity contribution in [1.29, 1.82) is 0 Å². The van der Waals surface area contributed by atoms with Gasteiger partial charge in [0.2, 0.25) is 17.7 Å². The summed E-state index contributed by atoms with van der Waals surface area (Å²) in [7, 11) is 0. The van der Waals surface area contributed by atoms with Crippen molar-refractivity contribution in [2.24, 2.45) is 17.6 Å². The molecule has 27 heavy (non-hydrogen) atoms. The molecule has 7 heteroatoms. The van der Waals surface area contributed by atoms with E-state index in [0.29, 0.717) is 6.42 Å². The summed E-state index contributed by atoms with van der Waals surface area (Å²) in [4.78, 5) is 48.1. The zero-order valence-electron chi connectivity index (χ0n) is 16.3. The van der Waals surface area contributed by atoms with Gasteiger partial charge in [0.05, 0.1) is 6.04 Å². The van der Waals surface area contributed by atoms with Gasteiger partial charge >= 0.3 is 0 Å². The van der Waals surface area contributed by atoms with Crippen LogP contribution in [0.5, 0.6) is 0 Å². The molecule has 0 aliphatic rings. The molecular formula is C20H29N3O4. The monoisotopic (exact) mass is 375 g/mol. The van der Waals surface area contributed by atoms with Gasteiger partial charge in [0, 0.05) is 19.3 Å². The van der Waals surface area contributed by atoms with Crippen LogP contribution in [0.2, 0.25) is 0 Å². The van der Waals surface area contributed by atoms with Gasteiger partial charge < -0.3 is 16.4 Å². The summed E-state index contributed by atoms with van der Waals surface area (Å²) in [6.45, 7) is 6.51. The number of hydrogen-bond acceptors (Lipinski definition) is 4. The lowest BCUT2D eigenvalue weighted by molar-refractivity contribution is -0.133. The highest BCUT2D eigenvalue weighted by Gasteiger charge is 2.30. The Morgan fingerprint density at radius 3 is 2.07 bits per heavy atom. The predicted molar refractivity (Wildman–Crippen MR) is 103 cm³/mol. The van der Waals surface area contributed by atoms with E-state index < -0.39 is 29.8 Å². The SMILES string of the molecule is CC(=O)N[C@H](C(=O)C[C@@H](Cc1ccccc1)C(=O)N[C@@H](C)C(N)=O)C(C)C. The molecule has 3 atom stereocenters. The molecule has 0 heterocycles. The Morgan fingerprint density at radius 1 is 1.00 bits per heavy atom. The van der Waals surface area contributed by atoms with Crippen molar-refractivity contribution in [3.05, 3.63) is 35.9 Å². The van der Waals surface area contributed by atoms with Gasteiger partial charge in [0.15, 0.2) is 5.78 Å². The van der Waals surface area contributed by atoms with Gasteiger partial charge in [-0.15, -0.1) is 0 Å². The number of carbonyl (C=O) groups excluding carboxylic acids is 4. The summed E-state index contributed by atoms with van der Waals surface area (Å²) in [6.07, 6.45) is 0.296. The van der Waals surface area contributed by atoms with E-state index in [2.05, 4.69) is 10.6 Å². The molecule has 0 saturated heterocycles. The first kappa shape index (κ1) is 22.3. The van der Waals surface area contributed by atoms with Crippen LogP contribution in [0.15, 0.2) is 30.3 Å². The summed E-state index contributed by atoms with van der Waals surface area (Å²) >= 11 is 0.